The topological polar surface area (TPSA) is 17.1 Å². The van der Waals surface area contributed by atoms with Crippen LogP contribution < -0.4 is 0 Å². The fraction of sp³-hybridized carbons (Fsp3) is 0.900. The molecular formula is C10H16F4OS. The standard InChI is InChI=1S/C10H16F4OS/c1-2-9(15)16-7-3-4-8(12)10(13,14)5-6-11/h8H,2-7H2,1H3. The summed E-state index contributed by atoms with van der Waals surface area (Å²) in [7, 11) is 0. The summed E-state index contributed by atoms with van der Waals surface area (Å²) in [4.78, 5) is 10.8. The van der Waals surface area contributed by atoms with E-state index in [0.29, 0.717) is 12.2 Å². The van der Waals surface area contributed by atoms with Gasteiger partial charge in [0.1, 0.15) is 0 Å². The zero-order chi connectivity index (χ0) is 12.6. The van der Waals surface area contributed by atoms with Crippen LogP contribution >= 0.6 is 11.8 Å². The minimum Gasteiger partial charge on any atom is -0.287 e. The highest BCUT2D eigenvalue weighted by Gasteiger charge is 2.38. The van der Waals surface area contributed by atoms with Crippen LogP contribution in [0, 0.1) is 0 Å². The van der Waals surface area contributed by atoms with Crippen LogP contribution in [-0.4, -0.2) is 29.6 Å². The fourth-order valence-corrected chi connectivity index (χ4v) is 1.79. The first kappa shape index (κ1) is 15.7. The molecule has 0 radical (unpaired) electrons. The van der Waals surface area contributed by atoms with Crippen molar-refractivity contribution in [3.8, 4) is 0 Å². The van der Waals surface area contributed by atoms with Crippen molar-refractivity contribution >= 4 is 16.9 Å². The van der Waals surface area contributed by atoms with Crippen LogP contribution in [0.1, 0.15) is 32.6 Å². The van der Waals surface area contributed by atoms with Crippen molar-refractivity contribution < 1.29 is 22.4 Å². The summed E-state index contributed by atoms with van der Waals surface area (Å²) < 4.78 is 50.2. The molecule has 0 aliphatic carbocycles. The van der Waals surface area contributed by atoms with E-state index in [2.05, 4.69) is 0 Å². The van der Waals surface area contributed by atoms with Gasteiger partial charge < -0.3 is 0 Å². The molecule has 6 heteroatoms. The molecule has 0 heterocycles. The van der Waals surface area contributed by atoms with Crippen LogP contribution in [0.5, 0.6) is 0 Å². The van der Waals surface area contributed by atoms with Crippen LogP contribution in [-0.2, 0) is 4.79 Å². The average molecular weight is 260 g/mol. The molecule has 0 aromatic carbocycles. The molecule has 0 N–H and O–H groups in total. The highest BCUT2D eigenvalue weighted by molar-refractivity contribution is 8.13. The van der Waals surface area contributed by atoms with Gasteiger partial charge in [0.05, 0.1) is 6.67 Å². The summed E-state index contributed by atoms with van der Waals surface area (Å²) in [5, 5.41) is -0.0362. The largest absolute Gasteiger partial charge is 0.287 e. The smallest absolute Gasteiger partial charge is 0.281 e. The second-order valence-electron chi connectivity index (χ2n) is 3.38. The number of alkyl halides is 4. The lowest BCUT2D eigenvalue weighted by molar-refractivity contribution is -0.110. The molecule has 16 heavy (non-hydrogen) atoms. The predicted octanol–water partition coefficient (Wildman–Crippen LogP) is 3.77. The Hall–Kier alpha value is -0.260. The highest BCUT2D eigenvalue weighted by Crippen LogP contribution is 2.29. The summed E-state index contributed by atoms with van der Waals surface area (Å²) in [6, 6.07) is 0. The number of halogens is 4. The van der Waals surface area contributed by atoms with Gasteiger partial charge in [0.2, 0.25) is 0 Å². The number of rotatable bonds is 8. The first-order chi connectivity index (χ1) is 7.44. The molecule has 0 rings (SSSR count). The van der Waals surface area contributed by atoms with E-state index in [1.165, 1.54) is 0 Å². The van der Waals surface area contributed by atoms with Gasteiger partial charge in [0.15, 0.2) is 11.3 Å². The third-order valence-corrected chi connectivity index (χ3v) is 3.14. The molecule has 0 fully saturated rings. The lowest BCUT2D eigenvalue weighted by atomic mass is 10.1. The van der Waals surface area contributed by atoms with Crippen molar-refractivity contribution in [3.05, 3.63) is 0 Å². The molecule has 96 valence electrons. The maximum absolute atomic E-state index is 13.0. The van der Waals surface area contributed by atoms with E-state index in [0.717, 1.165) is 11.8 Å². The molecule has 0 aliphatic rings. The number of thioether (sulfide) groups is 1. The summed E-state index contributed by atoms with van der Waals surface area (Å²) in [5.74, 6) is -3.26. The quantitative estimate of drug-likeness (QED) is 0.488. The van der Waals surface area contributed by atoms with E-state index in [4.69, 9.17) is 0 Å². The van der Waals surface area contributed by atoms with Gasteiger partial charge in [-0.1, -0.05) is 18.7 Å². The molecule has 0 aromatic rings. The average Bonchev–Trinajstić information content (AvgIpc) is 2.23. The van der Waals surface area contributed by atoms with Gasteiger partial charge in [-0.05, 0) is 12.8 Å². The molecule has 1 unspecified atom stereocenters. The summed E-state index contributed by atoms with van der Waals surface area (Å²) >= 11 is 1.02. The van der Waals surface area contributed by atoms with Crippen molar-refractivity contribution in [2.75, 3.05) is 12.4 Å². The van der Waals surface area contributed by atoms with Crippen molar-refractivity contribution in [1.29, 1.82) is 0 Å². The Kier molecular flexibility index (Phi) is 7.80. The first-order valence-corrected chi connectivity index (χ1v) is 6.16. The molecule has 1 nitrogen and oxygen atoms in total. The maximum Gasteiger partial charge on any atom is 0.281 e. The van der Waals surface area contributed by atoms with Crippen molar-refractivity contribution in [1.82, 2.24) is 0 Å². The van der Waals surface area contributed by atoms with E-state index in [9.17, 15) is 22.4 Å². The van der Waals surface area contributed by atoms with Crippen molar-refractivity contribution in [3.63, 3.8) is 0 Å². The number of hydrogen-bond donors (Lipinski definition) is 0. The molecule has 0 saturated carbocycles. The van der Waals surface area contributed by atoms with E-state index < -0.39 is 25.2 Å². The monoisotopic (exact) mass is 260 g/mol. The zero-order valence-electron chi connectivity index (χ0n) is 9.15. The minimum atomic E-state index is -3.59. The third kappa shape index (κ3) is 6.35. The van der Waals surface area contributed by atoms with Crippen LogP contribution in [0.2, 0.25) is 0 Å². The number of carbonyl (C=O) groups is 1. The Balaban J connectivity index is 3.72. The number of carbonyl (C=O) groups excluding carboxylic acids is 1. The van der Waals surface area contributed by atoms with Crippen LogP contribution in [0.3, 0.4) is 0 Å². The third-order valence-electron chi connectivity index (χ3n) is 2.04. The van der Waals surface area contributed by atoms with Crippen molar-refractivity contribution in [2.24, 2.45) is 0 Å². The molecule has 0 bridgehead atoms. The van der Waals surface area contributed by atoms with E-state index in [1.54, 1.807) is 6.92 Å². The van der Waals surface area contributed by atoms with Crippen LogP contribution in [0.25, 0.3) is 0 Å². The van der Waals surface area contributed by atoms with Crippen LogP contribution in [0.4, 0.5) is 17.6 Å². The fourth-order valence-electron chi connectivity index (χ4n) is 1.04. The minimum absolute atomic E-state index is 0.0362. The first-order valence-electron chi connectivity index (χ1n) is 5.17. The van der Waals surface area contributed by atoms with Crippen LogP contribution in [0.15, 0.2) is 0 Å². The SMILES string of the molecule is CCC(=O)SCCCC(F)C(F)(F)CCF. The van der Waals surface area contributed by atoms with E-state index in [-0.39, 0.29) is 18.0 Å². The Labute approximate surface area is 97.0 Å². The molecule has 0 spiro atoms. The van der Waals surface area contributed by atoms with E-state index >= 15 is 0 Å². The zero-order valence-corrected chi connectivity index (χ0v) is 9.96. The van der Waals surface area contributed by atoms with Gasteiger partial charge in [-0.3, -0.25) is 9.18 Å². The molecule has 0 amide bonds. The predicted molar refractivity (Wildman–Crippen MR) is 57.4 cm³/mol. The Morgan fingerprint density at radius 2 is 2.06 bits per heavy atom. The lowest BCUT2D eigenvalue weighted by Gasteiger charge is -2.19. The second kappa shape index (κ2) is 7.92. The van der Waals surface area contributed by atoms with Gasteiger partial charge in [0, 0.05) is 18.6 Å². The Morgan fingerprint density at radius 1 is 1.44 bits per heavy atom. The van der Waals surface area contributed by atoms with E-state index in [1.807, 2.05) is 0 Å². The Bertz CT molecular complexity index is 211. The number of hydrogen-bond acceptors (Lipinski definition) is 2. The van der Waals surface area contributed by atoms with Gasteiger partial charge in [0.25, 0.3) is 5.92 Å². The van der Waals surface area contributed by atoms with Gasteiger partial charge in [-0.25, -0.2) is 13.2 Å². The normalized spacial score (nSPS) is 13.8. The molecular weight excluding hydrogens is 244 g/mol. The molecule has 0 aliphatic heterocycles. The van der Waals surface area contributed by atoms with Gasteiger partial charge >= 0.3 is 0 Å². The Morgan fingerprint density at radius 3 is 2.56 bits per heavy atom. The highest BCUT2D eigenvalue weighted by atomic mass is 32.2. The molecule has 1 atom stereocenters. The van der Waals surface area contributed by atoms with Gasteiger partial charge in [-0.2, -0.15) is 0 Å². The maximum atomic E-state index is 13.0. The molecule has 0 aromatic heterocycles. The second-order valence-corrected chi connectivity index (χ2v) is 4.54. The molecule has 0 saturated heterocycles. The van der Waals surface area contributed by atoms with Crippen molar-refractivity contribution in [2.45, 2.75) is 44.7 Å². The summed E-state index contributed by atoms with van der Waals surface area (Å²) in [6.07, 6.45) is -3.16. The van der Waals surface area contributed by atoms with Gasteiger partial charge in [-0.15, -0.1) is 0 Å². The summed E-state index contributed by atoms with van der Waals surface area (Å²) in [6.45, 7) is 0.471. The lowest BCUT2D eigenvalue weighted by Crippen LogP contribution is -2.30. The summed E-state index contributed by atoms with van der Waals surface area (Å²) in [5.41, 5.74) is 0.